The Morgan fingerprint density at radius 3 is 2.56 bits per heavy atom. The molecule has 4 rings (SSSR count). The van der Waals surface area contributed by atoms with Gasteiger partial charge in [-0.3, -0.25) is 19.4 Å². The summed E-state index contributed by atoms with van der Waals surface area (Å²) < 4.78 is 6.35. The minimum atomic E-state index is -0.465. The van der Waals surface area contributed by atoms with Crippen molar-refractivity contribution in [1.82, 2.24) is 24.7 Å². The van der Waals surface area contributed by atoms with Crippen LogP contribution in [0.1, 0.15) is 40.3 Å². The standard InChI is InChI=1S/C31H37N5O5/c1-20-17-36(21(2)19-37)31(40)26-14-24(22-9-8-10-23(13-22)30(39)34(3)4)16-33-29(26)41-27(20)18-35(5)28(38)15-25-11-6-7-12-32-25/h6-14,16,20-21,27,37H,15,17-19H2,1-5H3/t20-,21+,27+/m1/s1. The zero-order chi connectivity index (χ0) is 29.7. The molecule has 0 saturated heterocycles. The maximum absolute atomic E-state index is 13.8. The second kappa shape index (κ2) is 12.9. The van der Waals surface area contributed by atoms with Crippen molar-refractivity contribution in [1.29, 1.82) is 0 Å². The number of aliphatic hydroxyl groups is 1. The molecular formula is C31H37N5O5. The van der Waals surface area contributed by atoms with Crippen molar-refractivity contribution >= 4 is 17.7 Å². The Bertz CT molecular complexity index is 1400. The SMILES string of the molecule is C[C@@H]1CN([C@@H](C)CO)C(=O)c2cc(-c3cccc(C(=O)N(C)C)c3)cnc2O[C@H]1CN(C)C(=O)Cc1ccccn1. The molecule has 0 saturated carbocycles. The van der Waals surface area contributed by atoms with Crippen LogP contribution in [0.25, 0.3) is 11.1 Å². The molecule has 216 valence electrons. The molecule has 0 fully saturated rings. The van der Waals surface area contributed by atoms with Gasteiger partial charge in [-0.2, -0.15) is 0 Å². The van der Waals surface area contributed by atoms with Gasteiger partial charge >= 0.3 is 0 Å². The van der Waals surface area contributed by atoms with E-state index in [1.165, 1.54) is 4.90 Å². The summed E-state index contributed by atoms with van der Waals surface area (Å²) in [7, 11) is 5.10. The first-order valence-corrected chi connectivity index (χ1v) is 13.6. The number of carbonyl (C=O) groups is 3. The lowest BCUT2D eigenvalue weighted by molar-refractivity contribution is -0.130. The first kappa shape index (κ1) is 29.7. The first-order chi connectivity index (χ1) is 19.6. The Morgan fingerprint density at radius 1 is 1.10 bits per heavy atom. The molecule has 0 spiro atoms. The van der Waals surface area contributed by atoms with Crippen LogP contribution in [0, 0.1) is 5.92 Å². The zero-order valence-electron chi connectivity index (χ0n) is 24.2. The van der Waals surface area contributed by atoms with Gasteiger partial charge in [-0.25, -0.2) is 4.98 Å². The summed E-state index contributed by atoms with van der Waals surface area (Å²) in [6.07, 6.45) is 2.97. The van der Waals surface area contributed by atoms with Crippen molar-refractivity contribution < 1.29 is 24.2 Å². The number of aromatic nitrogens is 2. The number of aliphatic hydroxyl groups excluding tert-OH is 1. The molecule has 1 N–H and O–H groups in total. The van der Waals surface area contributed by atoms with Crippen LogP contribution >= 0.6 is 0 Å². The molecule has 10 nitrogen and oxygen atoms in total. The molecule has 0 radical (unpaired) electrons. The van der Waals surface area contributed by atoms with Gasteiger partial charge in [-0.15, -0.1) is 0 Å². The third-order valence-electron chi connectivity index (χ3n) is 7.31. The molecule has 0 bridgehead atoms. The van der Waals surface area contributed by atoms with Gasteiger partial charge in [0, 0.05) is 62.8 Å². The Labute approximate surface area is 240 Å². The van der Waals surface area contributed by atoms with E-state index in [9.17, 15) is 19.5 Å². The lowest BCUT2D eigenvalue weighted by Gasteiger charge is -2.37. The zero-order valence-corrected chi connectivity index (χ0v) is 24.2. The molecular weight excluding hydrogens is 522 g/mol. The second-order valence-corrected chi connectivity index (χ2v) is 10.8. The first-order valence-electron chi connectivity index (χ1n) is 13.6. The van der Waals surface area contributed by atoms with E-state index >= 15 is 0 Å². The van der Waals surface area contributed by atoms with Crippen molar-refractivity contribution in [3.63, 3.8) is 0 Å². The number of hydrogen-bond acceptors (Lipinski definition) is 7. The van der Waals surface area contributed by atoms with Gasteiger partial charge in [0.2, 0.25) is 11.8 Å². The highest BCUT2D eigenvalue weighted by atomic mass is 16.5. The molecule has 1 aromatic carbocycles. The number of carbonyl (C=O) groups excluding carboxylic acids is 3. The van der Waals surface area contributed by atoms with Gasteiger partial charge in [0.05, 0.1) is 25.6 Å². The fraction of sp³-hybridized carbons (Fsp3) is 0.387. The van der Waals surface area contributed by atoms with Crippen LogP contribution in [0.4, 0.5) is 0 Å². The van der Waals surface area contributed by atoms with Gasteiger partial charge in [0.25, 0.3) is 11.8 Å². The Balaban J connectivity index is 1.66. The van der Waals surface area contributed by atoms with E-state index in [-0.39, 0.29) is 54.7 Å². The van der Waals surface area contributed by atoms with Crippen LogP contribution in [-0.4, -0.2) is 100 Å². The maximum Gasteiger partial charge on any atom is 0.259 e. The lowest BCUT2D eigenvalue weighted by atomic mass is 9.98. The summed E-state index contributed by atoms with van der Waals surface area (Å²) in [5.74, 6) is -0.542. The van der Waals surface area contributed by atoms with E-state index in [1.807, 2.05) is 25.1 Å². The molecule has 0 unspecified atom stereocenters. The molecule has 3 amide bonds. The number of fused-ring (bicyclic) bond motifs is 1. The van der Waals surface area contributed by atoms with Crippen LogP contribution in [0.3, 0.4) is 0 Å². The second-order valence-electron chi connectivity index (χ2n) is 10.8. The third-order valence-corrected chi connectivity index (χ3v) is 7.31. The van der Waals surface area contributed by atoms with Gasteiger partial charge < -0.3 is 24.5 Å². The minimum Gasteiger partial charge on any atom is -0.472 e. The maximum atomic E-state index is 13.8. The molecule has 10 heteroatoms. The van der Waals surface area contributed by atoms with Crippen LogP contribution in [0.15, 0.2) is 60.9 Å². The molecule has 2 aromatic heterocycles. The monoisotopic (exact) mass is 559 g/mol. The number of ether oxygens (including phenoxy) is 1. The third kappa shape index (κ3) is 6.89. The van der Waals surface area contributed by atoms with Crippen molar-refractivity contribution in [2.45, 2.75) is 32.4 Å². The number of pyridine rings is 2. The van der Waals surface area contributed by atoms with Gasteiger partial charge in [0.1, 0.15) is 11.7 Å². The number of benzene rings is 1. The number of amides is 3. The Kier molecular flexibility index (Phi) is 9.34. The van der Waals surface area contributed by atoms with E-state index in [1.54, 1.807) is 80.6 Å². The fourth-order valence-corrected chi connectivity index (χ4v) is 4.73. The number of nitrogens with zero attached hydrogens (tertiary/aromatic N) is 5. The van der Waals surface area contributed by atoms with Gasteiger partial charge in [-0.1, -0.05) is 25.1 Å². The summed E-state index contributed by atoms with van der Waals surface area (Å²) in [5.41, 5.74) is 2.84. The fourth-order valence-electron chi connectivity index (χ4n) is 4.73. The van der Waals surface area contributed by atoms with E-state index in [0.29, 0.717) is 23.4 Å². The average molecular weight is 560 g/mol. The van der Waals surface area contributed by atoms with Crippen molar-refractivity contribution in [2.24, 2.45) is 5.92 Å². The predicted molar refractivity (Wildman–Crippen MR) is 154 cm³/mol. The van der Waals surface area contributed by atoms with Crippen LogP contribution in [0.5, 0.6) is 5.88 Å². The lowest BCUT2D eigenvalue weighted by Crippen LogP contribution is -2.50. The van der Waals surface area contributed by atoms with E-state index in [4.69, 9.17) is 4.74 Å². The number of rotatable bonds is 8. The van der Waals surface area contributed by atoms with Gasteiger partial charge in [-0.05, 0) is 42.8 Å². The molecule has 3 aromatic rings. The highest BCUT2D eigenvalue weighted by Crippen LogP contribution is 2.31. The normalized spacial score (nSPS) is 17.5. The summed E-state index contributed by atoms with van der Waals surface area (Å²) in [6.45, 7) is 4.14. The predicted octanol–water partition coefficient (Wildman–Crippen LogP) is 2.77. The highest BCUT2D eigenvalue weighted by Gasteiger charge is 2.35. The number of hydrogen-bond donors (Lipinski definition) is 1. The van der Waals surface area contributed by atoms with E-state index < -0.39 is 12.1 Å². The van der Waals surface area contributed by atoms with E-state index in [0.717, 1.165) is 5.56 Å². The summed E-state index contributed by atoms with van der Waals surface area (Å²) in [5, 5.41) is 9.95. The largest absolute Gasteiger partial charge is 0.472 e. The average Bonchev–Trinajstić information content (AvgIpc) is 2.98. The van der Waals surface area contributed by atoms with Crippen molar-refractivity contribution in [3.8, 4) is 17.0 Å². The topological polar surface area (TPSA) is 116 Å². The molecule has 0 aliphatic carbocycles. The molecule has 41 heavy (non-hydrogen) atoms. The molecule has 1 aliphatic heterocycles. The Morgan fingerprint density at radius 2 is 1.88 bits per heavy atom. The Hall–Kier alpha value is -4.31. The molecule has 3 heterocycles. The summed E-state index contributed by atoms with van der Waals surface area (Å²) in [6, 6.07) is 13.9. The van der Waals surface area contributed by atoms with Crippen LogP contribution < -0.4 is 4.74 Å². The summed E-state index contributed by atoms with van der Waals surface area (Å²) in [4.78, 5) is 52.8. The highest BCUT2D eigenvalue weighted by molar-refractivity contribution is 5.98. The van der Waals surface area contributed by atoms with Gasteiger partial charge in [0.15, 0.2) is 0 Å². The van der Waals surface area contributed by atoms with E-state index in [2.05, 4.69) is 9.97 Å². The van der Waals surface area contributed by atoms with Crippen LogP contribution in [0.2, 0.25) is 0 Å². The minimum absolute atomic E-state index is 0.103. The van der Waals surface area contributed by atoms with Crippen molar-refractivity contribution in [2.75, 3.05) is 40.8 Å². The quantitative estimate of drug-likeness (QED) is 0.451. The summed E-state index contributed by atoms with van der Waals surface area (Å²) >= 11 is 0. The molecule has 3 atom stereocenters. The van der Waals surface area contributed by atoms with Crippen LogP contribution in [-0.2, 0) is 11.2 Å². The smallest absolute Gasteiger partial charge is 0.259 e. The number of likely N-dealkylation sites (N-methyl/N-ethyl adjacent to an activating group) is 1. The molecule has 1 aliphatic rings. The van der Waals surface area contributed by atoms with Crippen molar-refractivity contribution in [3.05, 3.63) is 77.7 Å².